The summed E-state index contributed by atoms with van der Waals surface area (Å²) >= 11 is 11.8. The van der Waals surface area contributed by atoms with Crippen LogP contribution in [-0.4, -0.2) is 12.0 Å². The molecule has 1 fully saturated rings. The number of aromatic nitrogens is 1. The van der Waals surface area contributed by atoms with Crippen molar-refractivity contribution >= 4 is 39.8 Å². The number of halogens is 3. The molecule has 94 valence electrons. The molecule has 0 unspecified atom stereocenters. The average molecular weight is 285 g/mol. The highest BCUT2D eigenvalue weighted by Crippen LogP contribution is 2.43. The lowest BCUT2D eigenvalue weighted by Gasteiger charge is -2.11. The first-order chi connectivity index (χ1) is 8.61. The van der Waals surface area contributed by atoms with Gasteiger partial charge < -0.3 is 5.32 Å². The molecule has 0 aliphatic heterocycles. The zero-order valence-corrected chi connectivity index (χ0v) is 11.2. The van der Waals surface area contributed by atoms with Crippen LogP contribution < -0.4 is 5.32 Å². The lowest BCUT2D eigenvalue weighted by molar-refractivity contribution is 0.630. The Bertz CT molecular complexity index is 639. The minimum atomic E-state index is -0.594. The highest BCUT2D eigenvalue weighted by atomic mass is 35.5. The molecule has 1 N–H and O–H groups in total. The van der Waals surface area contributed by atoms with E-state index in [0.717, 1.165) is 24.2 Å². The molecule has 1 aliphatic rings. The van der Waals surface area contributed by atoms with Crippen LogP contribution in [0.25, 0.3) is 10.9 Å². The number of anilines is 1. The Hall–Kier alpha value is -1.06. The number of pyridine rings is 1. The van der Waals surface area contributed by atoms with Crippen molar-refractivity contribution in [2.45, 2.75) is 18.8 Å². The van der Waals surface area contributed by atoms with Gasteiger partial charge in [0, 0.05) is 29.7 Å². The second-order valence-electron chi connectivity index (χ2n) is 4.50. The number of hydrogen-bond donors (Lipinski definition) is 1. The monoisotopic (exact) mass is 284 g/mol. The van der Waals surface area contributed by atoms with Crippen molar-refractivity contribution < 1.29 is 4.39 Å². The van der Waals surface area contributed by atoms with E-state index in [1.807, 2.05) is 6.07 Å². The topological polar surface area (TPSA) is 24.9 Å². The van der Waals surface area contributed by atoms with Crippen LogP contribution in [0.15, 0.2) is 12.1 Å². The number of nitrogens with zero attached hydrogens (tertiary/aromatic N) is 1. The third-order valence-corrected chi connectivity index (χ3v) is 3.85. The van der Waals surface area contributed by atoms with E-state index in [1.165, 1.54) is 6.07 Å². The van der Waals surface area contributed by atoms with Crippen molar-refractivity contribution in [3.63, 3.8) is 0 Å². The highest BCUT2D eigenvalue weighted by molar-refractivity contribution is 6.39. The van der Waals surface area contributed by atoms with Gasteiger partial charge in [-0.1, -0.05) is 23.2 Å². The van der Waals surface area contributed by atoms with E-state index in [1.54, 1.807) is 7.05 Å². The molecule has 3 rings (SSSR count). The molecule has 1 aromatic heterocycles. The summed E-state index contributed by atoms with van der Waals surface area (Å²) in [5.41, 5.74) is 2.45. The van der Waals surface area contributed by atoms with Gasteiger partial charge in [0.15, 0.2) is 5.82 Å². The second kappa shape index (κ2) is 4.25. The van der Waals surface area contributed by atoms with Gasteiger partial charge in [0.1, 0.15) is 0 Å². The fourth-order valence-electron chi connectivity index (χ4n) is 2.10. The summed E-state index contributed by atoms with van der Waals surface area (Å²) in [6, 6.07) is 3.48. The first-order valence-corrected chi connectivity index (χ1v) is 6.53. The predicted octanol–water partition coefficient (Wildman–Crippen LogP) is 4.60. The quantitative estimate of drug-likeness (QED) is 0.816. The van der Waals surface area contributed by atoms with Gasteiger partial charge in [-0.05, 0) is 25.0 Å². The molecule has 1 aromatic carbocycles. The number of fused-ring (bicyclic) bond motifs is 1. The van der Waals surface area contributed by atoms with E-state index >= 15 is 0 Å². The molecule has 18 heavy (non-hydrogen) atoms. The molecule has 5 heteroatoms. The summed E-state index contributed by atoms with van der Waals surface area (Å²) < 4.78 is 13.7. The maximum absolute atomic E-state index is 13.7. The van der Waals surface area contributed by atoms with E-state index in [2.05, 4.69) is 10.3 Å². The van der Waals surface area contributed by atoms with E-state index < -0.39 is 5.82 Å². The molecular formula is C13H11Cl2FN2. The van der Waals surface area contributed by atoms with Gasteiger partial charge in [-0.3, -0.25) is 4.98 Å². The fourth-order valence-corrected chi connectivity index (χ4v) is 2.65. The predicted molar refractivity (Wildman–Crippen MR) is 73.2 cm³/mol. The first-order valence-electron chi connectivity index (χ1n) is 5.77. The second-order valence-corrected chi connectivity index (χ2v) is 5.28. The van der Waals surface area contributed by atoms with Gasteiger partial charge in [0.05, 0.1) is 15.6 Å². The first kappa shape index (κ1) is 12.0. The molecule has 1 aliphatic carbocycles. The number of benzene rings is 1. The van der Waals surface area contributed by atoms with Crippen LogP contribution >= 0.6 is 23.2 Å². The van der Waals surface area contributed by atoms with E-state index in [9.17, 15) is 4.39 Å². The zero-order chi connectivity index (χ0) is 12.9. The number of rotatable bonds is 2. The van der Waals surface area contributed by atoms with Crippen LogP contribution in [-0.2, 0) is 0 Å². The molecule has 0 amide bonds. The normalized spacial score (nSPS) is 15.1. The maximum atomic E-state index is 13.7. The summed E-state index contributed by atoms with van der Waals surface area (Å²) in [6.45, 7) is 0. The van der Waals surface area contributed by atoms with Gasteiger partial charge in [-0.2, -0.15) is 0 Å². The molecular weight excluding hydrogens is 274 g/mol. The molecule has 2 aromatic rings. The van der Waals surface area contributed by atoms with Crippen LogP contribution in [0, 0.1) is 5.82 Å². The Kier molecular flexibility index (Phi) is 2.83. The Balaban J connectivity index is 2.35. The van der Waals surface area contributed by atoms with Gasteiger partial charge >= 0.3 is 0 Å². The summed E-state index contributed by atoms with van der Waals surface area (Å²) in [7, 11) is 1.79. The third kappa shape index (κ3) is 1.82. The Morgan fingerprint density at radius 3 is 2.67 bits per heavy atom. The Labute approximate surface area is 114 Å². The maximum Gasteiger partial charge on any atom is 0.161 e. The lowest BCUT2D eigenvalue weighted by atomic mass is 10.1. The van der Waals surface area contributed by atoms with E-state index in [4.69, 9.17) is 23.2 Å². The van der Waals surface area contributed by atoms with Crippen molar-refractivity contribution in [2.24, 2.45) is 0 Å². The van der Waals surface area contributed by atoms with Crippen molar-refractivity contribution in [1.29, 1.82) is 0 Å². The van der Waals surface area contributed by atoms with Crippen LogP contribution in [0.5, 0.6) is 0 Å². The molecule has 0 saturated heterocycles. The molecule has 0 atom stereocenters. The van der Waals surface area contributed by atoms with Crippen LogP contribution in [0.4, 0.5) is 10.1 Å². The van der Waals surface area contributed by atoms with Crippen molar-refractivity contribution in [3.8, 4) is 0 Å². The highest BCUT2D eigenvalue weighted by Gasteiger charge is 2.26. The standard InChI is InChI=1S/C13H11Cl2FN2/c1-17-9-5-8(6-2-3-6)18-10-4-7(14)13(16)12(15)11(9)10/h4-6H,2-3H2,1H3,(H,17,18). The van der Waals surface area contributed by atoms with Crippen LogP contribution in [0.2, 0.25) is 10.0 Å². The summed E-state index contributed by atoms with van der Waals surface area (Å²) in [4.78, 5) is 4.53. The van der Waals surface area contributed by atoms with Crippen LogP contribution in [0.1, 0.15) is 24.5 Å². The molecule has 0 spiro atoms. The Morgan fingerprint density at radius 1 is 1.33 bits per heavy atom. The van der Waals surface area contributed by atoms with E-state index in [-0.39, 0.29) is 10.0 Å². The number of nitrogens with one attached hydrogen (secondary N) is 1. The smallest absolute Gasteiger partial charge is 0.161 e. The van der Waals surface area contributed by atoms with Gasteiger partial charge in [0.25, 0.3) is 0 Å². The SMILES string of the molecule is CNc1cc(C2CC2)nc2cc(Cl)c(F)c(Cl)c12. The van der Waals surface area contributed by atoms with Gasteiger partial charge in [-0.25, -0.2) is 4.39 Å². The molecule has 0 radical (unpaired) electrons. The zero-order valence-electron chi connectivity index (χ0n) is 9.73. The third-order valence-electron chi connectivity index (χ3n) is 3.22. The van der Waals surface area contributed by atoms with Crippen molar-refractivity contribution in [3.05, 3.63) is 33.7 Å². The molecule has 1 heterocycles. The molecule has 0 bridgehead atoms. The van der Waals surface area contributed by atoms with Gasteiger partial charge in [0.2, 0.25) is 0 Å². The summed E-state index contributed by atoms with van der Waals surface area (Å²) in [6.07, 6.45) is 2.31. The summed E-state index contributed by atoms with van der Waals surface area (Å²) in [5.74, 6) is -0.0765. The average Bonchev–Trinajstić information content (AvgIpc) is 3.18. The minimum Gasteiger partial charge on any atom is -0.387 e. The Morgan fingerprint density at radius 2 is 2.06 bits per heavy atom. The minimum absolute atomic E-state index is 0.00926. The van der Waals surface area contributed by atoms with Crippen molar-refractivity contribution in [2.75, 3.05) is 12.4 Å². The molecule has 1 saturated carbocycles. The van der Waals surface area contributed by atoms with Crippen LogP contribution in [0.3, 0.4) is 0 Å². The molecule has 2 nitrogen and oxygen atoms in total. The van der Waals surface area contributed by atoms with Gasteiger partial charge in [-0.15, -0.1) is 0 Å². The summed E-state index contributed by atoms with van der Waals surface area (Å²) in [5, 5.41) is 3.67. The van der Waals surface area contributed by atoms with Crippen molar-refractivity contribution in [1.82, 2.24) is 4.98 Å². The fraction of sp³-hybridized carbons (Fsp3) is 0.308. The lowest BCUT2D eigenvalue weighted by Crippen LogP contribution is -1.97. The number of hydrogen-bond acceptors (Lipinski definition) is 2. The largest absolute Gasteiger partial charge is 0.387 e. The van der Waals surface area contributed by atoms with E-state index in [0.29, 0.717) is 16.8 Å².